The van der Waals surface area contributed by atoms with Gasteiger partial charge in [0.2, 0.25) is 0 Å². The summed E-state index contributed by atoms with van der Waals surface area (Å²) in [5.41, 5.74) is 6.62. The Morgan fingerprint density at radius 2 is 1.65 bits per heavy atom. The lowest BCUT2D eigenvalue weighted by atomic mass is 9.93. The van der Waals surface area contributed by atoms with Crippen molar-refractivity contribution in [3.05, 3.63) is 94.5 Å². The zero-order chi connectivity index (χ0) is 21.4. The monoisotopic (exact) mass is 408 g/mol. The van der Waals surface area contributed by atoms with Crippen LogP contribution in [0.1, 0.15) is 38.7 Å². The average Bonchev–Trinajstić information content (AvgIpc) is 2.93. The SMILES string of the molecule is Cc1ccc(N2CCN(C3c4ccccc4NC(=O)c4ccccc43)CC2)c(C#N)c1. The Morgan fingerprint density at radius 3 is 2.42 bits per heavy atom. The predicted molar refractivity (Wildman–Crippen MR) is 122 cm³/mol. The van der Waals surface area contributed by atoms with E-state index in [1.807, 2.05) is 49.4 Å². The summed E-state index contributed by atoms with van der Waals surface area (Å²) in [4.78, 5) is 17.6. The van der Waals surface area contributed by atoms with Crippen LogP contribution in [0.2, 0.25) is 0 Å². The second-order valence-electron chi connectivity index (χ2n) is 8.19. The first-order valence-electron chi connectivity index (χ1n) is 10.6. The Morgan fingerprint density at radius 1 is 0.935 bits per heavy atom. The van der Waals surface area contributed by atoms with Crippen molar-refractivity contribution < 1.29 is 4.79 Å². The summed E-state index contributed by atoms with van der Waals surface area (Å²) in [6.45, 7) is 5.37. The lowest BCUT2D eigenvalue weighted by Crippen LogP contribution is -2.48. The molecular formula is C26H24N4O. The Kier molecular flexibility index (Phi) is 4.93. The first-order chi connectivity index (χ1) is 15.2. The van der Waals surface area contributed by atoms with E-state index in [0.29, 0.717) is 0 Å². The van der Waals surface area contributed by atoms with Crippen LogP contribution in [0.5, 0.6) is 0 Å². The molecule has 0 radical (unpaired) electrons. The molecule has 2 heterocycles. The summed E-state index contributed by atoms with van der Waals surface area (Å²) >= 11 is 0. The number of fused-ring (bicyclic) bond motifs is 2. The third kappa shape index (κ3) is 3.45. The van der Waals surface area contributed by atoms with E-state index in [9.17, 15) is 10.1 Å². The van der Waals surface area contributed by atoms with E-state index in [1.165, 1.54) is 0 Å². The minimum Gasteiger partial charge on any atom is -0.368 e. The van der Waals surface area contributed by atoms with Gasteiger partial charge in [-0.05, 0) is 47.9 Å². The van der Waals surface area contributed by atoms with Gasteiger partial charge >= 0.3 is 0 Å². The number of hydrogen-bond donors (Lipinski definition) is 1. The number of hydrogen-bond acceptors (Lipinski definition) is 4. The third-order valence-corrected chi connectivity index (χ3v) is 6.30. The molecule has 0 saturated carbocycles. The summed E-state index contributed by atoms with van der Waals surface area (Å²) < 4.78 is 0. The number of nitriles is 1. The van der Waals surface area contributed by atoms with Crippen LogP contribution >= 0.6 is 0 Å². The highest BCUT2D eigenvalue weighted by atomic mass is 16.1. The fourth-order valence-electron chi connectivity index (χ4n) is 4.78. The minimum absolute atomic E-state index is 0.0157. The number of piperazine rings is 1. The van der Waals surface area contributed by atoms with Crippen LogP contribution in [-0.4, -0.2) is 37.0 Å². The van der Waals surface area contributed by atoms with Crippen LogP contribution in [0.15, 0.2) is 66.7 Å². The van der Waals surface area contributed by atoms with Crippen molar-refractivity contribution in [1.82, 2.24) is 4.90 Å². The molecular weight excluding hydrogens is 384 g/mol. The molecule has 1 amide bonds. The molecule has 2 aliphatic rings. The van der Waals surface area contributed by atoms with E-state index < -0.39 is 0 Å². The Labute approximate surface area is 182 Å². The molecule has 1 atom stereocenters. The van der Waals surface area contributed by atoms with E-state index in [-0.39, 0.29) is 11.9 Å². The molecule has 3 aromatic rings. The highest BCUT2D eigenvalue weighted by Crippen LogP contribution is 2.38. The zero-order valence-electron chi connectivity index (χ0n) is 17.5. The normalized spacial score (nSPS) is 18.4. The number of rotatable bonds is 2. The Balaban J connectivity index is 1.48. The largest absolute Gasteiger partial charge is 0.368 e. The van der Waals surface area contributed by atoms with Crippen molar-refractivity contribution in [3.8, 4) is 6.07 Å². The lowest BCUT2D eigenvalue weighted by Gasteiger charge is -2.41. The molecule has 0 aromatic heterocycles. The van der Waals surface area contributed by atoms with Gasteiger partial charge in [0.15, 0.2) is 0 Å². The first-order valence-corrected chi connectivity index (χ1v) is 10.6. The molecule has 1 saturated heterocycles. The standard InChI is InChI=1S/C26H24N4O/c1-18-10-11-24(19(16-18)17-27)29-12-14-30(15-13-29)25-20-6-2-3-7-21(20)26(31)28-23-9-5-4-8-22(23)25/h2-11,16,25H,12-15H2,1H3,(H,28,31). The number of aryl methyl sites for hydroxylation is 1. The molecule has 5 nitrogen and oxygen atoms in total. The number of nitrogens with zero attached hydrogens (tertiary/aromatic N) is 3. The van der Waals surface area contributed by atoms with Gasteiger partial charge in [-0.3, -0.25) is 9.69 Å². The Hall–Kier alpha value is -3.62. The summed E-state index contributed by atoms with van der Waals surface area (Å²) in [5, 5.41) is 12.7. The number of amides is 1. The second kappa shape index (κ2) is 7.90. The summed E-state index contributed by atoms with van der Waals surface area (Å²) in [6, 6.07) is 24.4. The lowest BCUT2D eigenvalue weighted by molar-refractivity contribution is 0.102. The van der Waals surface area contributed by atoms with Crippen molar-refractivity contribution in [3.63, 3.8) is 0 Å². The molecule has 154 valence electrons. The maximum atomic E-state index is 12.9. The zero-order valence-corrected chi connectivity index (χ0v) is 17.5. The fourth-order valence-corrected chi connectivity index (χ4v) is 4.78. The van der Waals surface area contributed by atoms with Gasteiger partial charge in [0.05, 0.1) is 17.3 Å². The van der Waals surface area contributed by atoms with E-state index in [1.54, 1.807) is 0 Å². The third-order valence-electron chi connectivity index (χ3n) is 6.30. The van der Waals surface area contributed by atoms with Crippen LogP contribution in [0.25, 0.3) is 0 Å². The molecule has 0 spiro atoms. The quantitative estimate of drug-likeness (QED) is 0.685. The molecule has 0 aliphatic carbocycles. The number of nitrogens with one attached hydrogen (secondary N) is 1. The summed E-state index contributed by atoms with van der Waals surface area (Å²) in [5.74, 6) is -0.0532. The summed E-state index contributed by atoms with van der Waals surface area (Å²) in [7, 11) is 0. The number of carbonyl (C=O) groups is 1. The van der Waals surface area contributed by atoms with Crippen molar-refractivity contribution in [1.29, 1.82) is 5.26 Å². The Bertz CT molecular complexity index is 1190. The van der Waals surface area contributed by atoms with E-state index in [2.05, 4.69) is 45.5 Å². The van der Waals surface area contributed by atoms with Crippen LogP contribution in [0, 0.1) is 18.3 Å². The smallest absolute Gasteiger partial charge is 0.256 e. The van der Waals surface area contributed by atoms with Gasteiger partial charge < -0.3 is 10.2 Å². The van der Waals surface area contributed by atoms with Crippen LogP contribution in [-0.2, 0) is 0 Å². The maximum Gasteiger partial charge on any atom is 0.256 e. The number of benzene rings is 3. The topological polar surface area (TPSA) is 59.4 Å². The van der Waals surface area contributed by atoms with Crippen molar-refractivity contribution >= 4 is 17.3 Å². The van der Waals surface area contributed by atoms with E-state index in [4.69, 9.17) is 0 Å². The van der Waals surface area contributed by atoms with Crippen molar-refractivity contribution in [2.24, 2.45) is 0 Å². The van der Waals surface area contributed by atoms with Crippen LogP contribution in [0.3, 0.4) is 0 Å². The minimum atomic E-state index is -0.0532. The highest BCUT2D eigenvalue weighted by Gasteiger charge is 2.33. The van der Waals surface area contributed by atoms with Crippen molar-refractivity contribution in [2.45, 2.75) is 13.0 Å². The average molecular weight is 409 g/mol. The molecule has 31 heavy (non-hydrogen) atoms. The summed E-state index contributed by atoms with van der Waals surface area (Å²) in [6.07, 6.45) is 0. The number of carbonyl (C=O) groups excluding carboxylic acids is 1. The van der Waals surface area contributed by atoms with Gasteiger partial charge in [0.25, 0.3) is 5.91 Å². The van der Waals surface area contributed by atoms with E-state index in [0.717, 1.165) is 65.4 Å². The second-order valence-corrected chi connectivity index (χ2v) is 8.19. The molecule has 1 fully saturated rings. The number of para-hydroxylation sites is 1. The van der Waals surface area contributed by atoms with Gasteiger partial charge in [-0.1, -0.05) is 42.5 Å². The van der Waals surface area contributed by atoms with Gasteiger partial charge in [0, 0.05) is 37.4 Å². The van der Waals surface area contributed by atoms with Crippen LogP contribution < -0.4 is 10.2 Å². The maximum absolute atomic E-state index is 12.9. The molecule has 3 aromatic carbocycles. The molecule has 1 N–H and O–H groups in total. The predicted octanol–water partition coefficient (Wildman–Crippen LogP) is 4.34. The van der Waals surface area contributed by atoms with Gasteiger partial charge in [0.1, 0.15) is 6.07 Å². The van der Waals surface area contributed by atoms with Crippen LogP contribution in [0.4, 0.5) is 11.4 Å². The molecule has 1 unspecified atom stereocenters. The molecule has 5 heteroatoms. The van der Waals surface area contributed by atoms with Gasteiger partial charge in [-0.25, -0.2) is 0 Å². The number of anilines is 2. The van der Waals surface area contributed by atoms with Gasteiger partial charge in [-0.15, -0.1) is 0 Å². The molecule has 0 bridgehead atoms. The highest BCUT2D eigenvalue weighted by molar-refractivity contribution is 6.07. The van der Waals surface area contributed by atoms with E-state index >= 15 is 0 Å². The van der Waals surface area contributed by atoms with Gasteiger partial charge in [-0.2, -0.15) is 5.26 Å². The molecule has 2 aliphatic heterocycles. The fraction of sp³-hybridized carbons (Fsp3) is 0.231. The van der Waals surface area contributed by atoms with Crippen molar-refractivity contribution in [2.75, 3.05) is 36.4 Å². The molecule has 5 rings (SSSR count). The first kappa shape index (κ1) is 19.3.